The van der Waals surface area contributed by atoms with Crippen molar-refractivity contribution in [3.8, 4) is 17.3 Å². The predicted molar refractivity (Wildman–Crippen MR) is 94.7 cm³/mol. The van der Waals surface area contributed by atoms with Gasteiger partial charge >= 0.3 is 0 Å². The van der Waals surface area contributed by atoms with Crippen molar-refractivity contribution >= 4 is 34.3 Å². The molecular formula is C17H10ClFN4S. The van der Waals surface area contributed by atoms with Gasteiger partial charge in [-0.05, 0) is 48.5 Å². The Bertz CT molecular complexity index is 911. The summed E-state index contributed by atoms with van der Waals surface area (Å²) in [5.74, 6) is -0.305. The summed E-state index contributed by atoms with van der Waals surface area (Å²) in [7, 11) is 0. The zero-order valence-electron chi connectivity index (χ0n) is 12.2. The van der Waals surface area contributed by atoms with Crippen molar-refractivity contribution in [2.24, 2.45) is 5.10 Å². The Balaban J connectivity index is 1.81. The van der Waals surface area contributed by atoms with Crippen molar-refractivity contribution in [1.29, 1.82) is 5.26 Å². The molecule has 1 aromatic heterocycles. The monoisotopic (exact) mass is 356 g/mol. The van der Waals surface area contributed by atoms with Crippen LogP contribution in [0.25, 0.3) is 11.3 Å². The summed E-state index contributed by atoms with van der Waals surface area (Å²) in [5, 5.41) is 16.3. The van der Waals surface area contributed by atoms with Crippen molar-refractivity contribution in [3.63, 3.8) is 0 Å². The fourth-order valence-corrected chi connectivity index (χ4v) is 2.79. The Hall–Kier alpha value is -2.75. The number of halogens is 2. The molecule has 0 saturated carbocycles. The molecule has 0 radical (unpaired) electrons. The van der Waals surface area contributed by atoms with Gasteiger partial charge in [0, 0.05) is 16.0 Å². The molecule has 0 unspecified atom stereocenters. The van der Waals surface area contributed by atoms with E-state index in [1.807, 2.05) is 6.07 Å². The fraction of sp³-hybridized carbons (Fsp3) is 0. The van der Waals surface area contributed by atoms with E-state index in [0.717, 1.165) is 5.56 Å². The van der Waals surface area contributed by atoms with E-state index in [1.54, 1.807) is 41.8 Å². The molecule has 1 heterocycles. The van der Waals surface area contributed by atoms with Crippen LogP contribution < -0.4 is 5.43 Å². The molecule has 1 N–H and O–H groups in total. The van der Waals surface area contributed by atoms with Crippen molar-refractivity contribution < 1.29 is 4.39 Å². The zero-order valence-corrected chi connectivity index (χ0v) is 13.8. The van der Waals surface area contributed by atoms with E-state index >= 15 is 0 Å². The first-order valence-corrected chi connectivity index (χ1v) is 8.12. The second kappa shape index (κ2) is 7.21. The van der Waals surface area contributed by atoms with E-state index in [1.165, 1.54) is 23.5 Å². The number of hydrogen-bond donors (Lipinski definition) is 1. The molecule has 7 heteroatoms. The Kier molecular flexibility index (Phi) is 4.85. The van der Waals surface area contributed by atoms with Crippen LogP contribution in [0.15, 0.2) is 59.0 Å². The van der Waals surface area contributed by atoms with Crippen molar-refractivity contribution in [3.05, 3.63) is 69.8 Å². The van der Waals surface area contributed by atoms with Crippen molar-refractivity contribution in [2.45, 2.75) is 0 Å². The van der Waals surface area contributed by atoms with Crippen LogP contribution in [0, 0.1) is 17.1 Å². The number of hydrazone groups is 1. The van der Waals surface area contributed by atoms with Gasteiger partial charge in [0.1, 0.15) is 11.9 Å². The fourth-order valence-electron chi connectivity index (χ4n) is 1.90. The van der Waals surface area contributed by atoms with Gasteiger partial charge in [0.25, 0.3) is 0 Å². The third-order valence-electron chi connectivity index (χ3n) is 3.09. The SMILES string of the molecule is N#C/C(=N\Nc1ccc(Cl)cc1)c1nc(-c2ccc(F)cc2)cs1. The Labute approximate surface area is 146 Å². The van der Waals surface area contributed by atoms with Gasteiger partial charge in [-0.15, -0.1) is 11.3 Å². The van der Waals surface area contributed by atoms with Crippen LogP contribution in [-0.4, -0.2) is 10.7 Å². The maximum absolute atomic E-state index is 13.0. The van der Waals surface area contributed by atoms with E-state index in [-0.39, 0.29) is 11.5 Å². The number of thiazole rings is 1. The van der Waals surface area contributed by atoms with Gasteiger partial charge in [0.15, 0.2) is 10.7 Å². The van der Waals surface area contributed by atoms with Gasteiger partial charge in [-0.3, -0.25) is 5.43 Å². The smallest absolute Gasteiger partial charge is 0.196 e. The van der Waals surface area contributed by atoms with Crippen LogP contribution in [0.2, 0.25) is 5.02 Å². The number of nitrogens with zero attached hydrogens (tertiary/aromatic N) is 3. The second-order valence-corrected chi connectivity index (χ2v) is 6.03. The third kappa shape index (κ3) is 3.77. The quantitative estimate of drug-likeness (QED) is 0.532. The van der Waals surface area contributed by atoms with Crippen LogP contribution in [0.4, 0.5) is 10.1 Å². The first-order chi connectivity index (χ1) is 11.7. The number of aromatic nitrogens is 1. The number of anilines is 1. The molecule has 2 aromatic carbocycles. The summed E-state index contributed by atoms with van der Waals surface area (Å²) >= 11 is 7.12. The molecule has 0 atom stereocenters. The van der Waals surface area contributed by atoms with Gasteiger partial charge < -0.3 is 0 Å². The first-order valence-electron chi connectivity index (χ1n) is 6.87. The van der Waals surface area contributed by atoms with Crippen molar-refractivity contribution in [2.75, 3.05) is 5.43 Å². The van der Waals surface area contributed by atoms with E-state index in [9.17, 15) is 9.65 Å². The summed E-state index contributed by atoms with van der Waals surface area (Å²) in [4.78, 5) is 4.39. The lowest BCUT2D eigenvalue weighted by atomic mass is 10.2. The van der Waals surface area contributed by atoms with E-state index in [4.69, 9.17) is 11.6 Å². The highest BCUT2D eigenvalue weighted by molar-refractivity contribution is 7.12. The summed E-state index contributed by atoms with van der Waals surface area (Å²) < 4.78 is 13.0. The standard InChI is InChI=1S/C17H10ClFN4S/c18-12-3-7-14(8-4-12)22-23-15(9-20)17-21-16(10-24-17)11-1-5-13(19)6-2-11/h1-8,10,22H/b23-15+. The van der Waals surface area contributed by atoms with Gasteiger partial charge in [0.05, 0.1) is 11.4 Å². The lowest BCUT2D eigenvalue weighted by Crippen LogP contribution is -2.01. The van der Waals surface area contributed by atoms with Gasteiger partial charge in [-0.1, -0.05) is 11.6 Å². The summed E-state index contributed by atoms with van der Waals surface area (Å²) in [5.41, 5.74) is 5.13. The van der Waals surface area contributed by atoms with Crippen LogP contribution in [0.1, 0.15) is 5.01 Å². The Morgan fingerprint density at radius 1 is 1.17 bits per heavy atom. The molecule has 0 fully saturated rings. The molecule has 3 aromatic rings. The molecule has 4 nitrogen and oxygen atoms in total. The lowest BCUT2D eigenvalue weighted by molar-refractivity contribution is 0.628. The van der Waals surface area contributed by atoms with Gasteiger partial charge in [-0.25, -0.2) is 9.37 Å². The largest absolute Gasteiger partial charge is 0.277 e. The minimum absolute atomic E-state index is 0.170. The molecule has 0 aliphatic rings. The first kappa shape index (κ1) is 16.1. The lowest BCUT2D eigenvalue weighted by Gasteiger charge is -2.00. The van der Waals surface area contributed by atoms with Crippen molar-refractivity contribution in [1.82, 2.24) is 4.98 Å². The third-order valence-corrected chi connectivity index (χ3v) is 4.19. The number of rotatable bonds is 4. The molecule has 0 saturated heterocycles. The van der Waals surface area contributed by atoms with E-state index in [0.29, 0.717) is 21.4 Å². The molecule has 0 aliphatic carbocycles. The highest BCUT2D eigenvalue weighted by atomic mass is 35.5. The summed E-state index contributed by atoms with van der Waals surface area (Å²) in [6.07, 6.45) is 0. The average molecular weight is 357 g/mol. The Morgan fingerprint density at radius 3 is 2.54 bits per heavy atom. The van der Waals surface area contributed by atoms with E-state index < -0.39 is 0 Å². The number of nitriles is 1. The molecule has 118 valence electrons. The Morgan fingerprint density at radius 2 is 1.88 bits per heavy atom. The number of hydrogen-bond acceptors (Lipinski definition) is 5. The second-order valence-electron chi connectivity index (χ2n) is 4.74. The number of benzene rings is 2. The zero-order chi connectivity index (χ0) is 16.9. The van der Waals surface area contributed by atoms with Crippen LogP contribution >= 0.6 is 22.9 Å². The average Bonchev–Trinajstić information content (AvgIpc) is 3.08. The number of nitrogens with one attached hydrogen (secondary N) is 1. The maximum atomic E-state index is 13.0. The van der Waals surface area contributed by atoms with Crippen LogP contribution in [0.3, 0.4) is 0 Å². The molecule has 24 heavy (non-hydrogen) atoms. The highest BCUT2D eigenvalue weighted by Crippen LogP contribution is 2.22. The minimum atomic E-state index is -0.305. The normalized spacial score (nSPS) is 11.1. The highest BCUT2D eigenvalue weighted by Gasteiger charge is 2.10. The van der Waals surface area contributed by atoms with Crippen LogP contribution in [0.5, 0.6) is 0 Å². The topological polar surface area (TPSA) is 61.1 Å². The molecule has 0 aliphatic heterocycles. The van der Waals surface area contributed by atoms with Gasteiger partial charge in [0.2, 0.25) is 0 Å². The van der Waals surface area contributed by atoms with E-state index in [2.05, 4.69) is 15.5 Å². The van der Waals surface area contributed by atoms with Gasteiger partial charge in [-0.2, -0.15) is 10.4 Å². The molecule has 0 amide bonds. The van der Waals surface area contributed by atoms with Crippen LogP contribution in [-0.2, 0) is 0 Å². The molecular weight excluding hydrogens is 347 g/mol. The maximum Gasteiger partial charge on any atom is 0.196 e. The minimum Gasteiger partial charge on any atom is -0.277 e. The molecule has 0 spiro atoms. The summed E-state index contributed by atoms with van der Waals surface area (Å²) in [6.45, 7) is 0. The predicted octanol–water partition coefficient (Wildman–Crippen LogP) is 4.94. The molecule has 3 rings (SSSR count). The molecule has 0 bridgehead atoms. The summed E-state index contributed by atoms with van der Waals surface area (Å²) in [6, 6.07) is 15.0.